The molecule has 2 aromatic rings. The third-order valence-electron chi connectivity index (χ3n) is 3.38. The number of rotatable bonds is 7. The molecule has 24 heavy (non-hydrogen) atoms. The van der Waals surface area contributed by atoms with Crippen LogP contribution in [0.25, 0.3) is 0 Å². The fourth-order valence-electron chi connectivity index (χ4n) is 2.21. The second-order valence-electron chi connectivity index (χ2n) is 5.31. The number of nitrogens with two attached hydrogens (primary N) is 1. The van der Waals surface area contributed by atoms with Crippen LogP contribution in [0.1, 0.15) is 17.2 Å². The molecule has 0 aromatic heterocycles. The lowest BCUT2D eigenvalue weighted by Crippen LogP contribution is -2.43. The lowest BCUT2D eigenvalue weighted by Gasteiger charge is -2.18. The highest BCUT2D eigenvalue weighted by Crippen LogP contribution is 2.13. The van der Waals surface area contributed by atoms with Gasteiger partial charge in [0.15, 0.2) is 0 Å². The SMILES string of the molecule is Cc1ccc(OCCN[C@@H](C(=O)NC(N)=O)c2ccccc2)cc1. The molecule has 2 aromatic carbocycles. The van der Waals surface area contributed by atoms with Gasteiger partial charge in [0.05, 0.1) is 0 Å². The van der Waals surface area contributed by atoms with E-state index in [0.29, 0.717) is 13.2 Å². The third kappa shape index (κ3) is 5.40. The average molecular weight is 327 g/mol. The number of primary amides is 1. The van der Waals surface area contributed by atoms with Crippen LogP contribution in [-0.4, -0.2) is 25.1 Å². The van der Waals surface area contributed by atoms with Crippen molar-refractivity contribution in [2.45, 2.75) is 13.0 Å². The molecule has 0 aliphatic heterocycles. The molecule has 0 aliphatic rings. The minimum Gasteiger partial charge on any atom is -0.492 e. The van der Waals surface area contributed by atoms with Gasteiger partial charge in [0.2, 0.25) is 5.91 Å². The average Bonchev–Trinajstić information content (AvgIpc) is 2.56. The standard InChI is InChI=1S/C18H21N3O3/c1-13-7-9-15(10-8-13)24-12-11-20-16(17(22)21-18(19)23)14-5-3-2-4-6-14/h2-10,16,20H,11-12H2,1H3,(H3,19,21,22,23)/t16-/m1/s1. The summed E-state index contributed by atoms with van der Waals surface area (Å²) in [4.78, 5) is 23.1. The molecule has 0 bridgehead atoms. The molecule has 6 nitrogen and oxygen atoms in total. The normalized spacial score (nSPS) is 11.5. The van der Waals surface area contributed by atoms with Gasteiger partial charge in [-0.2, -0.15) is 0 Å². The van der Waals surface area contributed by atoms with Crippen molar-refractivity contribution < 1.29 is 14.3 Å². The van der Waals surface area contributed by atoms with Crippen LogP contribution < -0.4 is 21.1 Å². The maximum Gasteiger partial charge on any atom is 0.318 e. The molecule has 4 N–H and O–H groups in total. The number of carbonyl (C=O) groups is 2. The summed E-state index contributed by atoms with van der Waals surface area (Å²) in [7, 11) is 0. The zero-order chi connectivity index (χ0) is 17.4. The Labute approximate surface area is 141 Å². The first-order valence-corrected chi connectivity index (χ1v) is 7.64. The minimum absolute atomic E-state index is 0.385. The van der Waals surface area contributed by atoms with Crippen molar-refractivity contribution in [3.05, 3.63) is 65.7 Å². The van der Waals surface area contributed by atoms with E-state index in [0.717, 1.165) is 16.9 Å². The van der Waals surface area contributed by atoms with Gasteiger partial charge in [0.25, 0.3) is 0 Å². The van der Waals surface area contributed by atoms with E-state index in [-0.39, 0.29) is 0 Å². The molecule has 0 saturated heterocycles. The van der Waals surface area contributed by atoms with Gasteiger partial charge in [-0.1, -0.05) is 48.0 Å². The molecule has 6 heteroatoms. The van der Waals surface area contributed by atoms with Crippen LogP contribution in [0.15, 0.2) is 54.6 Å². The zero-order valence-electron chi connectivity index (χ0n) is 13.5. The molecule has 2 rings (SSSR count). The van der Waals surface area contributed by atoms with E-state index in [2.05, 4.69) is 10.6 Å². The summed E-state index contributed by atoms with van der Waals surface area (Å²) >= 11 is 0. The highest BCUT2D eigenvalue weighted by Gasteiger charge is 2.20. The van der Waals surface area contributed by atoms with Crippen molar-refractivity contribution >= 4 is 11.9 Å². The lowest BCUT2D eigenvalue weighted by molar-refractivity contribution is -0.122. The maximum atomic E-state index is 12.1. The molecular weight excluding hydrogens is 306 g/mol. The summed E-state index contributed by atoms with van der Waals surface area (Å²) in [6.07, 6.45) is 0. The van der Waals surface area contributed by atoms with Crippen LogP contribution in [0.4, 0.5) is 4.79 Å². The van der Waals surface area contributed by atoms with Crippen molar-refractivity contribution in [3.63, 3.8) is 0 Å². The highest BCUT2D eigenvalue weighted by atomic mass is 16.5. The molecule has 1 atom stereocenters. The molecule has 0 heterocycles. The van der Waals surface area contributed by atoms with Gasteiger partial charge in [0, 0.05) is 6.54 Å². The Morgan fingerprint density at radius 2 is 1.75 bits per heavy atom. The third-order valence-corrected chi connectivity index (χ3v) is 3.38. The summed E-state index contributed by atoms with van der Waals surface area (Å²) in [5, 5.41) is 5.18. The Balaban J connectivity index is 1.92. The molecular formula is C18H21N3O3. The summed E-state index contributed by atoms with van der Waals surface area (Å²) in [6, 6.07) is 15.3. The highest BCUT2D eigenvalue weighted by molar-refractivity contribution is 5.96. The molecule has 0 radical (unpaired) electrons. The Bertz CT molecular complexity index is 672. The first kappa shape index (κ1) is 17.5. The summed E-state index contributed by atoms with van der Waals surface area (Å²) in [5.41, 5.74) is 6.93. The Hall–Kier alpha value is -2.86. The minimum atomic E-state index is -0.876. The van der Waals surface area contributed by atoms with Crippen LogP contribution in [0.3, 0.4) is 0 Å². The number of aryl methyl sites for hydroxylation is 1. The smallest absolute Gasteiger partial charge is 0.318 e. The van der Waals surface area contributed by atoms with E-state index in [1.807, 2.05) is 49.4 Å². The monoisotopic (exact) mass is 327 g/mol. The summed E-state index contributed by atoms with van der Waals surface area (Å²) < 4.78 is 5.62. The first-order chi connectivity index (χ1) is 11.6. The number of ether oxygens (including phenoxy) is 1. The number of hydrogen-bond donors (Lipinski definition) is 3. The second kappa shape index (κ2) is 8.69. The Morgan fingerprint density at radius 3 is 2.38 bits per heavy atom. The van der Waals surface area contributed by atoms with Crippen molar-refractivity contribution in [1.29, 1.82) is 0 Å². The largest absolute Gasteiger partial charge is 0.492 e. The van der Waals surface area contributed by atoms with Crippen LogP contribution in [-0.2, 0) is 4.79 Å². The van der Waals surface area contributed by atoms with Crippen LogP contribution in [0, 0.1) is 6.92 Å². The van der Waals surface area contributed by atoms with Crippen molar-refractivity contribution in [2.24, 2.45) is 5.73 Å². The molecule has 0 spiro atoms. The van der Waals surface area contributed by atoms with Gasteiger partial charge in [0.1, 0.15) is 18.4 Å². The van der Waals surface area contributed by atoms with Crippen LogP contribution >= 0.6 is 0 Å². The predicted molar refractivity (Wildman–Crippen MR) is 91.6 cm³/mol. The fraction of sp³-hybridized carbons (Fsp3) is 0.222. The van der Waals surface area contributed by atoms with Crippen LogP contribution in [0.2, 0.25) is 0 Å². The molecule has 0 saturated carbocycles. The number of nitrogens with one attached hydrogen (secondary N) is 2. The molecule has 126 valence electrons. The van der Waals surface area contributed by atoms with E-state index >= 15 is 0 Å². The Kier molecular flexibility index (Phi) is 6.33. The second-order valence-corrected chi connectivity index (χ2v) is 5.31. The van der Waals surface area contributed by atoms with E-state index in [1.54, 1.807) is 12.1 Å². The van der Waals surface area contributed by atoms with Crippen molar-refractivity contribution in [1.82, 2.24) is 10.6 Å². The van der Waals surface area contributed by atoms with Gasteiger partial charge >= 0.3 is 6.03 Å². The first-order valence-electron chi connectivity index (χ1n) is 7.64. The summed E-state index contributed by atoms with van der Waals surface area (Å²) in [5.74, 6) is 0.268. The lowest BCUT2D eigenvalue weighted by atomic mass is 10.1. The van der Waals surface area contributed by atoms with Gasteiger partial charge < -0.3 is 10.5 Å². The molecule has 0 aliphatic carbocycles. The maximum absolute atomic E-state index is 12.1. The van der Waals surface area contributed by atoms with E-state index in [9.17, 15) is 9.59 Å². The molecule has 0 fully saturated rings. The zero-order valence-corrected chi connectivity index (χ0v) is 13.5. The van der Waals surface area contributed by atoms with Gasteiger partial charge in [-0.15, -0.1) is 0 Å². The number of imide groups is 1. The summed E-state index contributed by atoms with van der Waals surface area (Å²) in [6.45, 7) is 2.82. The number of hydrogen-bond acceptors (Lipinski definition) is 4. The number of urea groups is 1. The van der Waals surface area contributed by atoms with E-state index in [4.69, 9.17) is 10.5 Å². The molecule has 0 unspecified atom stereocenters. The number of carbonyl (C=O) groups excluding carboxylic acids is 2. The van der Waals surface area contributed by atoms with Crippen LogP contribution in [0.5, 0.6) is 5.75 Å². The van der Waals surface area contributed by atoms with E-state index in [1.165, 1.54) is 0 Å². The topological polar surface area (TPSA) is 93.4 Å². The van der Waals surface area contributed by atoms with Crippen molar-refractivity contribution in [2.75, 3.05) is 13.2 Å². The van der Waals surface area contributed by atoms with Gasteiger partial charge in [-0.25, -0.2) is 4.79 Å². The predicted octanol–water partition coefficient (Wildman–Crippen LogP) is 1.90. The van der Waals surface area contributed by atoms with E-state index < -0.39 is 18.0 Å². The van der Waals surface area contributed by atoms with Crippen molar-refractivity contribution in [3.8, 4) is 5.75 Å². The van der Waals surface area contributed by atoms with Gasteiger partial charge in [-0.05, 0) is 24.6 Å². The fourth-order valence-corrected chi connectivity index (χ4v) is 2.21. The van der Waals surface area contributed by atoms with Gasteiger partial charge in [-0.3, -0.25) is 15.4 Å². The number of amides is 3. The number of benzene rings is 2. The Morgan fingerprint density at radius 1 is 1.08 bits per heavy atom. The quantitative estimate of drug-likeness (QED) is 0.677. The molecule has 3 amide bonds.